The van der Waals surface area contributed by atoms with E-state index in [0.717, 1.165) is 17.7 Å². The van der Waals surface area contributed by atoms with Crippen LogP contribution in [0.5, 0.6) is 0 Å². The van der Waals surface area contributed by atoms with Crippen LogP contribution < -0.4 is 0 Å². The lowest BCUT2D eigenvalue weighted by atomic mass is 10.1. The normalized spacial score (nSPS) is 11.7. The second kappa shape index (κ2) is 7.85. The Morgan fingerprint density at radius 2 is 2.05 bits per heavy atom. The van der Waals surface area contributed by atoms with Gasteiger partial charge in [0, 0.05) is 13.1 Å². The predicted molar refractivity (Wildman–Crippen MR) is 80.1 cm³/mol. The highest BCUT2D eigenvalue weighted by Crippen LogP contribution is 2.10. The standard InChI is InChI=1S/C15H20N2OS/c1-12(8-9-19-3)17(2)15(18)10-13-4-6-14(11-16)7-5-13/h4-7,12H,8-10H2,1-3H3. The van der Waals surface area contributed by atoms with Crippen LogP contribution in [-0.4, -0.2) is 35.9 Å². The first kappa shape index (κ1) is 15.6. The number of benzene rings is 1. The van der Waals surface area contributed by atoms with Crippen LogP contribution in [0.1, 0.15) is 24.5 Å². The molecule has 1 atom stereocenters. The second-order valence-electron chi connectivity index (χ2n) is 4.62. The summed E-state index contributed by atoms with van der Waals surface area (Å²) in [6.07, 6.45) is 3.48. The fraction of sp³-hybridized carbons (Fsp3) is 0.467. The van der Waals surface area contributed by atoms with Crippen LogP contribution in [-0.2, 0) is 11.2 Å². The van der Waals surface area contributed by atoms with Crippen LogP contribution in [0, 0.1) is 11.3 Å². The topological polar surface area (TPSA) is 44.1 Å². The molecular formula is C15H20N2OS. The quantitative estimate of drug-likeness (QED) is 0.802. The van der Waals surface area contributed by atoms with Gasteiger partial charge in [-0.05, 0) is 43.0 Å². The number of nitriles is 1. The summed E-state index contributed by atoms with van der Waals surface area (Å²) in [5.41, 5.74) is 1.57. The molecule has 0 saturated carbocycles. The highest BCUT2D eigenvalue weighted by Gasteiger charge is 2.15. The van der Waals surface area contributed by atoms with Gasteiger partial charge >= 0.3 is 0 Å². The van der Waals surface area contributed by atoms with Crippen molar-refractivity contribution in [2.75, 3.05) is 19.1 Å². The van der Waals surface area contributed by atoms with E-state index < -0.39 is 0 Å². The van der Waals surface area contributed by atoms with Gasteiger partial charge < -0.3 is 4.90 Å². The number of thioether (sulfide) groups is 1. The van der Waals surface area contributed by atoms with Crippen LogP contribution in [0.2, 0.25) is 0 Å². The first-order valence-electron chi connectivity index (χ1n) is 6.32. The predicted octanol–water partition coefficient (Wildman–Crippen LogP) is 2.70. The van der Waals surface area contributed by atoms with E-state index in [1.54, 1.807) is 23.9 Å². The second-order valence-corrected chi connectivity index (χ2v) is 5.61. The first-order chi connectivity index (χ1) is 9.08. The van der Waals surface area contributed by atoms with Crippen LogP contribution in [0.4, 0.5) is 0 Å². The zero-order chi connectivity index (χ0) is 14.3. The van der Waals surface area contributed by atoms with E-state index in [9.17, 15) is 4.79 Å². The Morgan fingerprint density at radius 3 is 2.58 bits per heavy atom. The minimum atomic E-state index is 0.123. The Labute approximate surface area is 119 Å². The zero-order valence-corrected chi connectivity index (χ0v) is 12.5. The molecule has 102 valence electrons. The zero-order valence-electron chi connectivity index (χ0n) is 11.7. The van der Waals surface area contributed by atoms with Crippen molar-refractivity contribution in [1.29, 1.82) is 5.26 Å². The summed E-state index contributed by atoms with van der Waals surface area (Å²) >= 11 is 1.80. The van der Waals surface area contributed by atoms with Gasteiger partial charge in [0.2, 0.25) is 5.91 Å². The van der Waals surface area contributed by atoms with Gasteiger partial charge in [-0.2, -0.15) is 17.0 Å². The van der Waals surface area contributed by atoms with Crippen molar-refractivity contribution >= 4 is 17.7 Å². The van der Waals surface area contributed by atoms with Gasteiger partial charge in [0.15, 0.2) is 0 Å². The minimum Gasteiger partial charge on any atom is -0.343 e. The average Bonchev–Trinajstić information content (AvgIpc) is 2.44. The minimum absolute atomic E-state index is 0.123. The fourth-order valence-electron chi connectivity index (χ4n) is 1.72. The Hall–Kier alpha value is -1.47. The SMILES string of the molecule is CSCCC(C)N(C)C(=O)Cc1ccc(C#N)cc1. The van der Waals surface area contributed by atoms with E-state index in [-0.39, 0.29) is 11.9 Å². The number of likely N-dealkylation sites (N-methyl/N-ethyl adjacent to an activating group) is 1. The third kappa shape index (κ3) is 4.96. The number of carbonyl (C=O) groups is 1. The van der Waals surface area contributed by atoms with Crippen LogP contribution >= 0.6 is 11.8 Å². The summed E-state index contributed by atoms with van der Waals surface area (Å²) in [4.78, 5) is 13.9. The molecule has 0 bridgehead atoms. The molecule has 0 N–H and O–H groups in total. The summed E-state index contributed by atoms with van der Waals surface area (Å²) in [5, 5.41) is 8.73. The lowest BCUT2D eigenvalue weighted by Crippen LogP contribution is -2.36. The summed E-state index contributed by atoms with van der Waals surface area (Å²) in [6, 6.07) is 9.52. The molecule has 0 saturated heterocycles. The van der Waals surface area contributed by atoms with E-state index >= 15 is 0 Å². The fourth-order valence-corrected chi connectivity index (χ4v) is 2.30. The van der Waals surface area contributed by atoms with E-state index in [4.69, 9.17) is 5.26 Å². The molecule has 0 aliphatic rings. The van der Waals surface area contributed by atoms with Gasteiger partial charge in [0.05, 0.1) is 18.1 Å². The molecule has 0 spiro atoms. The monoisotopic (exact) mass is 276 g/mol. The summed E-state index contributed by atoms with van der Waals surface area (Å²) in [5.74, 6) is 1.19. The number of carbonyl (C=O) groups excluding carboxylic acids is 1. The molecule has 1 rings (SSSR count). The maximum Gasteiger partial charge on any atom is 0.226 e. The Bertz CT molecular complexity index is 450. The molecule has 1 amide bonds. The lowest BCUT2D eigenvalue weighted by molar-refractivity contribution is -0.130. The Kier molecular flexibility index (Phi) is 6.44. The number of hydrogen-bond donors (Lipinski definition) is 0. The molecule has 0 aliphatic carbocycles. The number of nitrogens with zero attached hydrogens (tertiary/aromatic N) is 2. The van der Waals surface area contributed by atoms with Gasteiger partial charge in [-0.1, -0.05) is 12.1 Å². The number of hydrogen-bond acceptors (Lipinski definition) is 3. The largest absolute Gasteiger partial charge is 0.343 e. The molecule has 0 fully saturated rings. The molecule has 0 aliphatic heterocycles. The molecule has 19 heavy (non-hydrogen) atoms. The van der Waals surface area contributed by atoms with Gasteiger partial charge in [-0.15, -0.1) is 0 Å². The van der Waals surface area contributed by atoms with Crippen molar-refractivity contribution in [3.05, 3.63) is 35.4 Å². The van der Waals surface area contributed by atoms with Gasteiger partial charge in [0.25, 0.3) is 0 Å². The average molecular weight is 276 g/mol. The molecule has 1 unspecified atom stereocenters. The van der Waals surface area contributed by atoms with Crippen LogP contribution in [0.15, 0.2) is 24.3 Å². The molecule has 1 aromatic rings. The molecule has 0 heterocycles. The number of amides is 1. The highest BCUT2D eigenvalue weighted by molar-refractivity contribution is 7.98. The van der Waals surface area contributed by atoms with Gasteiger partial charge in [0.1, 0.15) is 0 Å². The molecule has 0 radical (unpaired) electrons. The van der Waals surface area contributed by atoms with Crippen molar-refractivity contribution < 1.29 is 4.79 Å². The van der Waals surface area contributed by atoms with E-state index in [2.05, 4.69) is 19.2 Å². The molecule has 4 heteroatoms. The Morgan fingerprint density at radius 1 is 1.42 bits per heavy atom. The van der Waals surface area contributed by atoms with Gasteiger partial charge in [-0.25, -0.2) is 0 Å². The third-order valence-electron chi connectivity index (χ3n) is 3.23. The van der Waals surface area contributed by atoms with Crippen molar-refractivity contribution in [2.45, 2.75) is 25.8 Å². The smallest absolute Gasteiger partial charge is 0.226 e. The lowest BCUT2D eigenvalue weighted by Gasteiger charge is -2.25. The summed E-state index contributed by atoms with van der Waals surface area (Å²) < 4.78 is 0. The van der Waals surface area contributed by atoms with E-state index in [1.165, 1.54) is 0 Å². The highest BCUT2D eigenvalue weighted by atomic mass is 32.2. The first-order valence-corrected chi connectivity index (χ1v) is 7.71. The molecular weight excluding hydrogens is 256 g/mol. The molecule has 3 nitrogen and oxygen atoms in total. The van der Waals surface area contributed by atoms with E-state index in [1.807, 2.05) is 24.1 Å². The van der Waals surface area contributed by atoms with Gasteiger partial charge in [-0.3, -0.25) is 4.79 Å². The van der Waals surface area contributed by atoms with Crippen LogP contribution in [0.25, 0.3) is 0 Å². The molecule has 0 aromatic heterocycles. The summed E-state index contributed by atoms with van der Waals surface area (Å²) in [7, 11) is 1.86. The van der Waals surface area contributed by atoms with E-state index in [0.29, 0.717) is 12.0 Å². The van der Waals surface area contributed by atoms with Crippen LogP contribution in [0.3, 0.4) is 0 Å². The maximum atomic E-state index is 12.1. The Balaban J connectivity index is 2.55. The van der Waals surface area contributed by atoms with Crippen molar-refractivity contribution in [3.63, 3.8) is 0 Å². The molecule has 1 aromatic carbocycles. The maximum absolute atomic E-state index is 12.1. The van der Waals surface area contributed by atoms with Crippen molar-refractivity contribution in [2.24, 2.45) is 0 Å². The van der Waals surface area contributed by atoms with Crippen molar-refractivity contribution in [1.82, 2.24) is 4.90 Å². The third-order valence-corrected chi connectivity index (χ3v) is 3.88. The number of rotatable bonds is 6. The van der Waals surface area contributed by atoms with Crippen molar-refractivity contribution in [3.8, 4) is 6.07 Å². The summed E-state index contributed by atoms with van der Waals surface area (Å²) in [6.45, 7) is 2.08.